The van der Waals surface area contributed by atoms with Crippen LogP contribution in [0.5, 0.6) is 0 Å². The van der Waals surface area contributed by atoms with Crippen LogP contribution in [0.2, 0.25) is 0 Å². The number of hydrogen-bond donors (Lipinski definition) is 1. The van der Waals surface area contributed by atoms with E-state index in [0.29, 0.717) is 12.1 Å². The lowest BCUT2D eigenvalue weighted by atomic mass is 9.81. The number of fused-ring (bicyclic) bond motifs is 1. The molecular weight excluding hydrogens is 455 g/mol. The van der Waals surface area contributed by atoms with Gasteiger partial charge in [0.25, 0.3) is 11.8 Å². The smallest absolute Gasteiger partial charge is 0.251 e. The Bertz CT molecular complexity index is 1280. The number of halogens is 1. The average Bonchev–Trinajstić information content (AvgIpc) is 3.22. The number of amides is 2. The highest BCUT2D eigenvalue weighted by Gasteiger charge is 2.46. The number of nitrogens with zero attached hydrogens (tertiary/aromatic N) is 3. The Morgan fingerprint density at radius 2 is 1.81 bits per heavy atom. The minimum atomic E-state index is -0.835. The lowest BCUT2D eigenvalue weighted by molar-refractivity contribution is -0.121. The van der Waals surface area contributed by atoms with E-state index in [0.717, 1.165) is 53.9 Å². The molecule has 1 aliphatic carbocycles. The largest absolute Gasteiger partial charge is 0.339 e. The first kappa shape index (κ1) is 24.2. The standard InChI is InChI=1S/C29H33FN4O2/c1-4-33-28-24(19(3)32-34(28)23-11-6-5-7-12-23)25(20-13-15-22(30)16-14-20)26(29(33)36)31-27(35)21-10-8-9-18(2)17-21/h8-10,13-17,23,25-26H,4-7,11-12H2,1-3H3,(H,31,35)/t25-,26-/m0/s1. The first-order valence-corrected chi connectivity index (χ1v) is 12.9. The van der Waals surface area contributed by atoms with Gasteiger partial charge in [0, 0.05) is 23.6 Å². The lowest BCUT2D eigenvalue weighted by Crippen LogP contribution is -2.55. The Morgan fingerprint density at radius 3 is 2.47 bits per heavy atom. The van der Waals surface area contributed by atoms with Gasteiger partial charge in [0.1, 0.15) is 17.7 Å². The third-order valence-electron chi connectivity index (χ3n) is 7.57. The molecule has 0 bridgehead atoms. The van der Waals surface area contributed by atoms with Gasteiger partial charge in [0.05, 0.1) is 11.7 Å². The predicted octanol–water partition coefficient (Wildman–Crippen LogP) is 5.44. The summed E-state index contributed by atoms with van der Waals surface area (Å²) in [6.45, 7) is 6.32. The highest BCUT2D eigenvalue weighted by atomic mass is 19.1. The predicted molar refractivity (Wildman–Crippen MR) is 138 cm³/mol. The number of nitrogens with one attached hydrogen (secondary N) is 1. The van der Waals surface area contributed by atoms with E-state index >= 15 is 0 Å². The van der Waals surface area contributed by atoms with Gasteiger partial charge < -0.3 is 5.32 Å². The van der Waals surface area contributed by atoms with E-state index in [1.807, 2.05) is 39.0 Å². The van der Waals surface area contributed by atoms with Crippen LogP contribution in [-0.4, -0.2) is 34.2 Å². The van der Waals surface area contributed by atoms with Crippen molar-refractivity contribution in [2.75, 3.05) is 11.4 Å². The molecule has 5 rings (SSSR count). The molecule has 2 aromatic carbocycles. The molecule has 36 heavy (non-hydrogen) atoms. The number of carbonyl (C=O) groups excluding carboxylic acids is 2. The fraction of sp³-hybridized carbons (Fsp3) is 0.414. The van der Waals surface area contributed by atoms with E-state index in [2.05, 4.69) is 10.00 Å². The summed E-state index contributed by atoms with van der Waals surface area (Å²) in [7, 11) is 0. The van der Waals surface area contributed by atoms with Gasteiger partial charge >= 0.3 is 0 Å². The molecule has 188 valence electrons. The van der Waals surface area contributed by atoms with E-state index in [1.54, 1.807) is 23.1 Å². The van der Waals surface area contributed by atoms with E-state index in [1.165, 1.54) is 18.6 Å². The molecule has 2 atom stereocenters. The molecule has 2 heterocycles. The van der Waals surface area contributed by atoms with Gasteiger partial charge in [0.2, 0.25) is 0 Å². The van der Waals surface area contributed by atoms with Crippen molar-refractivity contribution >= 4 is 17.6 Å². The van der Waals surface area contributed by atoms with Gasteiger partial charge in [-0.1, -0.05) is 49.1 Å². The normalized spacial score (nSPS) is 20.3. The fourth-order valence-corrected chi connectivity index (χ4v) is 5.83. The minimum absolute atomic E-state index is 0.169. The number of rotatable bonds is 5. The third kappa shape index (κ3) is 4.31. The summed E-state index contributed by atoms with van der Waals surface area (Å²) in [4.78, 5) is 29.1. The van der Waals surface area contributed by atoms with E-state index in [9.17, 15) is 14.0 Å². The molecule has 6 nitrogen and oxygen atoms in total. The van der Waals surface area contributed by atoms with Crippen LogP contribution in [0.25, 0.3) is 0 Å². The Labute approximate surface area is 211 Å². The number of likely N-dealkylation sites (N-methyl/N-ethyl adjacent to an activating group) is 1. The zero-order chi connectivity index (χ0) is 25.4. The first-order chi connectivity index (χ1) is 17.4. The summed E-state index contributed by atoms with van der Waals surface area (Å²) in [5, 5.41) is 8.00. The van der Waals surface area contributed by atoms with Crippen molar-refractivity contribution in [3.05, 3.63) is 82.3 Å². The van der Waals surface area contributed by atoms with Crippen molar-refractivity contribution in [2.45, 2.75) is 70.9 Å². The van der Waals surface area contributed by atoms with E-state index < -0.39 is 12.0 Å². The second-order valence-electron chi connectivity index (χ2n) is 9.99. The Balaban J connectivity index is 1.64. The summed E-state index contributed by atoms with van der Waals surface area (Å²) >= 11 is 0. The van der Waals surface area contributed by atoms with Gasteiger partial charge in [0.15, 0.2) is 0 Å². The molecule has 2 aliphatic rings. The van der Waals surface area contributed by atoms with Gasteiger partial charge in [-0.15, -0.1) is 0 Å². The van der Waals surface area contributed by atoms with Crippen molar-refractivity contribution < 1.29 is 14.0 Å². The van der Waals surface area contributed by atoms with Gasteiger partial charge in [-0.3, -0.25) is 14.5 Å². The van der Waals surface area contributed by atoms with Crippen LogP contribution >= 0.6 is 0 Å². The van der Waals surface area contributed by atoms with Crippen molar-refractivity contribution in [1.82, 2.24) is 15.1 Å². The number of aromatic nitrogens is 2. The van der Waals surface area contributed by atoms with Crippen molar-refractivity contribution in [3.8, 4) is 0 Å². The van der Waals surface area contributed by atoms with Crippen LogP contribution in [0.1, 0.15) is 83.7 Å². The number of benzene rings is 2. The van der Waals surface area contributed by atoms with Gasteiger partial charge in [-0.05, 0) is 63.4 Å². The molecule has 1 aliphatic heterocycles. The third-order valence-corrected chi connectivity index (χ3v) is 7.57. The van der Waals surface area contributed by atoms with E-state index in [4.69, 9.17) is 5.10 Å². The molecule has 0 spiro atoms. The van der Waals surface area contributed by atoms with Crippen LogP contribution in [0.4, 0.5) is 10.2 Å². The van der Waals surface area contributed by atoms with Crippen molar-refractivity contribution in [2.24, 2.45) is 0 Å². The molecule has 7 heteroatoms. The lowest BCUT2D eigenvalue weighted by Gasteiger charge is -2.39. The van der Waals surface area contributed by atoms with Crippen molar-refractivity contribution in [1.29, 1.82) is 0 Å². The molecule has 1 N–H and O–H groups in total. The molecule has 0 unspecified atom stereocenters. The topological polar surface area (TPSA) is 67.2 Å². The van der Waals surface area contributed by atoms with E-state index in [-0.39, 0.29) is 23.7 Å². The minimum Gasteiger partial charge on any atom is -0.339 e. The highest BCUT2D eigenvalue weighted by Crippen LogP contribution is 2.45. The first-order valence-electron chi connectivity index (χ1n) is 12.9. The Kier molecular flexibility index (Phi) is 6.65. The number of aryl methyl sites for hydroxylation is 2. The quantitative estimate of drug-likeness (QED) is 0.520. The van der Waals surface area contributed by atoms with Crippen LogP contribution in [0, 0.1) is 19.7 Å². The zero-order valence-corrected chi connectivity index (χ0v) is 21.1. The molecule has 1 aromatic heterocycles. The van der Waals surface area contributed by atoms with Crippen molar-refractivity contribution in [3.63, 3.8) is 0 Å². The molecular formula is C29H33FN4O2. The summed E-state index contributed by atoms with van der Waals surface area (Å²) in [6.07, 6.45) is 5.59. The molecule has 0 radical (unpaired) electrons. The maximum atomic E-state index is 14.0. The monoisotopic (exact) mass is 488 g/mol. The second-order valence-corrected chi connectivity index (χ2v) is 9.99. The number of anilines is 1. The Hall–Kier alpha value is -3.48. The summed E-state index contributed by atoms with van der Waals surface area (Å²) in [5.41, 5.74) is 4.02. The van der Waals surface area contributed by atoms with Crippen LogP contribution in [0.3, 0.4) is 0 Å². The number of hydrogen-bond acceptors (Lipinski definition) is 3. The molecule has 3 aromatic rings. The average molecular weight is 489 g/mol. The fourth-order valence-electron chi connectivity index (χ4n) is 5.83. The highest BCUT2D eigenvalue weighted by molar-refractivity contribution is 6.05. The molecule has 1 saturated carbocycles. The van der Waals surface area contributed by atoms with Crippen LogP contribution in [-0.2, 0) is 4.79 Å². The summed E-state index contributed by atoms with van der Waals surface area (Å²) < 4.78 is 15.9. The second kappa shape index (κ2) is 9.88. The Morgan fingerprint density at radius 1 is 1.08 bits per heavy atom. The summed E-state index contributed by atoms with van der Waals surface area (Å²) in [5.74, 6) is -0.464. The van der Waals surface area contributed by atoms with Crippen LogP contribution in [0.15, 0.2) is 48.5 Å². The van der Waals surface area contributed by atoms with Crippen LogP contribution < -0.4 is 10.2 Å². The SMILES string of the molecule is CCN1C(=O)[C@@H](NC(=O)c2cccc(C)c2)[C@@H](c2ccc(F)cc2)c2c(C)nn(C3CCCCC3)c21. The maximum absolute atomic E-state index is 14.0. The zero-order valence-electron chi connectivity index (χ0n) is 21.1. The molecule has 1 fully saturated rings. The molecule has 2 amide bonds. The maximum Gasteiger partial charge on any atom is 0.251 e. The van der Waals surface area contributed by atoms with Gasteiger partial charge in [-0.2, -0.15) is 5.10 Å². The summed E-state index contributed by atoms with van der Waals surface area (Å²) in [6, 6.07) is 13.0. The van der Waals surface area contributed by atoms with Gasteiger partial charge in [-0.25, -0.2) is 9.07 Å². The molecule has 0 saturated heterocycles. The number of carbonyl (C=O) groups is 2.